The van der Waals surface area contributed by atoms with Gasteiger partial charge in [0, 0.05) is 10.9 Å². The van der Waals surface area contributed by atoms with Crippen molar-refractivity contribution in [3.8, 4) is 0 Å². The summed E-state index contributed by atoms with van der Waals surface area (Å²) in [7, 11) is 0. The van der Waals surface area contributed by atoms with Gasteiger partial charge in [-0.3, -0.25) is 4.79 Å². The Hall–Kier alpha value is -2.15. The fraction of sp³-hybridized carbons (Fsp3) is 0.118. The average Bonchev–Trinajstić information content (AvgIpc) is 3.01. The van der Waals surface area contributed by atoms with E-state index in [0.717, 1.165) is 10.1 Å². The van der Waals surface area contributed by atoms with Crippen molar-refractivity contribution in [3.05, 3.63) is 57.5 Å². The van der Waals surface area contributed by atoms with Gasteiger partial charge in [0.25, 0.3) is 5.91 Å². The standard InChI is InChI=1S/C17H12Cl2N2O3S/c1-9(16(22)21-15-12(19)7-11(18)8-20-15)24-17(23)14-6-10-4-2-3-5-13(10)25-14/h2-9H,1H3,(H,20,21,22)/t9-/m1/s1. The molecule has 0 aliphatic rings. The second-order valence-electron chi connectivity index (χ2n) is 5.17. The Morgan fingerprint density at radius 2 is 2.00 bits per heavy atom. The number of hydrogen-bond acceptors (Lipinski definition) is 5. The molecule has 2 aromatic heterocycles. The van der Waals surface area contributed by atoms with E-state index in [-0.39, 0.29) is 10.8 Å². The minimum absolute atomic E-state index is 0.154. The highest BCUT2D eigenvalue weighted by atomic mass is 35.5. The molecule has 8 heteroatoms. The lowest BCUT2D eigenvalue weighted by Gasteiger charge is -2.13. The van der Waals surface area contributed by atoms with Gasteiger partial charge in [-0.15, -0.1) is 11.3 Å². The van der Waals surface area contributed by atoms with Gasteiger partial charge in [0.1, 0.15) is 4.88 Å². The molecule has 1 aromatic carbocycles. The largest absolute Gasteiger partial charge is 0.448 e. The van der Waals surface area contributed by atoms with E-state index in [1.165, 1.54) is 30.5 Å². The topological polar surface area (TPSA) is 68.3 Å². The van der Waals surface area contributed by atoms with Crippen LogP contribution in [0.15, 0.2) is 42.6 Å². The van der Waals surface area contributed by atoms with Crippen molar-refractivity contribution >= 4 is 62.3 Å². The lowest BCUT2D eigenvalue weighted by molar-refractivity contribution is -0.123. The number of nitrogens with one attached hydrogen (secondary N) is 1. The Morgan fingerprint density at radius 3 is 2.72 bits per heavy atom. The summed E-state index contributed by atoms with van der Waals surface area (Å²) < 4.78 is 6.20. The monoisotopic (exact) mass is 394 g/mol. The van der Waals surface area contributed by atoms with Gasteiger partial charge in [0.05, 0.1) is 10.0 Å². The number of amides is 1. The van der Waals surface area contributed by atoms with Crippen LogP contribution in [0.25, 0.3) is 10.1 Å². The molecule has 25 heavy (non-hydrogen) atoms. The maximum Gasteiger partial charge on any atom is 0.349 e. The van der Waals surface area contributed by atoms with E-state index >= 15 is 0 Å². The molecular weight excluding hydrogens is 383 g/mol. The predicted octanol–water partition coefficient (Wildman–Crippen LogP) is 4.79. The molecule has 0 saturated carbocycles. The number of pyridine rings is 1. The minimum Gasteiger partial charge on any atom is -0.448 e. The van der Waals surface area contributed by atoms with Crippen LogP contribution in [0, 0.1) is 0 Å². The number of halogens is 2. The number of carbonyl (C=O) groups is 2. The van der Waals surface area contributed by atoms with E-state index in [1.807, 2.05) is 24.3 Å². The van der Waals surface area contributed by atoms with Crippen LogP contribution in [0.2, 0.25) is 10.0 Å². The molecule has 3 rings (SSSR count). The van der Waals surface area contributed by atoms with Crippen molar-refractivity contribution in [1.82, 2.24) is 4.98 Å². The summed E-state index contributed by atoms with van der Waals surface area (Å²) in [5, 5.41) is 4.01. The summed E-state index contributed by atoms with van der Waals surface area (Å²) in [5.41, 5.74) is 0. The zero-order chi connectivity index (χ0) is 18.0. The number of hydrogen-bond donors (Lipinski definition) is 1. The maximum absolute atomic E-state index is 12.2. The molecule has 0 unspecified atom stereocenters. The van der Waals surface area contributed by atoms with Crippen LogP contribution in [0.3, 0.4) is 0 Å². The van der Waals surface area contributed by atoms with Gasteiger partial charge < -0.3 is 10.1 Å². The second kappa shape index (κ2) is 7.39. The third-order valence-electron chi connectivity index (χ3n) is 3.33. The van der Waals surface area contributed by atoms with Crippen LogP contribution in [0.4, 0.5) is 5.82 Å². The van der Waals surface area contributed by atoms with Gasteiger partial charge in [-0.1, -0.05) is 41.4 Å². The number of nitrogens with zero attached hydrogens (tertiary/aromatic N) is 1. The molecule has 3 aromatic rings. The van der Waals surface area contributed by atoms with E-state index in [9.17, 15) is 9.59 Å². The number of aromatic nitrogens is 1. The van der Waals surface area contributed by atoms with Crippen LogP contribution in [-0.4, -0.2) is 23.0 Å². The molecular formula is C17H12Cl2N2O3S. The van der Waals surface area contributed by atoms with Crippen LogP contribution in [-0.2, 0) is 9.53 Å². The Kier molecular flexibility index (Phi) is 5.22. The molecule has 0 aliphatic heterocycles. The Balaban J connectivity index is 1.67. The fourth-order valence-electron chi connectivity index (χ4n) is 2.08. The SMILES string of the molecule is C[C@@H](OC(=O)c1cc2ccccc2s1)C(=O)Nc1ncc(Cl)cc1Cl. The highest BCUT2D eigenvalue weighted by Gasteiger charge is 2.21. The van der Waals surface area contributed by atoms with Crippen LogP contribution < -0.4 is 5.32 Å². The van der Waals surface area contributed by atoms with Gasteiger partial charge in [0.15, 0.2) is 11.9 Å². The molecule has 1 N–H and O–H groups in total. The highest BCUT2D eigenvalue weighted by molar-refractivity contribution is 7.20. The summed E-state index contributed by atoms with van der Waals surface area (Å²) in [5.74, 6) is -0.939. The molecule has 0 bridgehead atoms. The highest BCUT2D eigenvalue weighted by Crippen LogP contribution is 2.26. The lowest BCUT2D eigenvalue weighted by Crippen LogP contribution is -2.30. The first-order valence-corrected chi connectivity index (χ1v) is 8.83. The van der Waals surface area contributed by atoms with Crippen molar-refractivity contribution in [2.24, 2.45) is 0 Å². The molecule has 0 fully saturated rings. The fourth-order valence-corrected chi connectivity index (χ4v) is 3.45. The van der Waals surface area contributed by atoms with E-state index in [2.05, 4.69) is 10.3 Å². The average molecular weight is 395 g/mol. The van der Waals surface area contributed by atoms with Crippen molar-refractivity contribution in [1.29, 1.82) is 0 Å². The zero-order valence-corrected chi connectivity index (χ0v) is 15.3. The van der Waals surface area contributed by atoms with Crippen molar-refractivity contribution < 1.29 is 14.3 Å². The molecule has 5 nitrogen and oxygen atoms in total. The number of rotatable bonds is 4. The van der Waals surface area contributed by atoms with Crippen molar-refractivity contribution in [2.45, 2.75) is 13.0 Å². The molecule has 0 saturated heterocycles. The van der Waals surface area contributed by atoms with Gasteiger partial charge >= 0.3 is 5.97 Å². The molecule has 2 heterocycles. The van der Waals surface area contributed by atoms with Gasteiger partial charge in [0.2, 0.25) is 0 Å². The summed E-state index contributed by atoms with van der Waals surface area (Å²) in [6, 6.07) is 10.8. The van der Waals surface area contributed by atoms with E-state index in [1.54, 1.807) is 6.07 Å². The maximum atomic E-state index is 12.2. The molecule has 0 spiro atoms. The number of thiophene rings is 1. The first kappa shape index (κ1) is 17.7. The number of fused-ring (bicyclic) bond motifs is 1. The van der Waals surface area contributed by atoms with E-state index < -0.39 is 18.0 Å². The second-order valence-corrected chi connectivity index (χ2v) is 7.10. The number of benzene rings is 1. The Labute approximate surface area is 157 Å². The number of anilines is 1. The summed E-state index contributed by atoms with van der Waals surface area (Å²) in [4.78, 5) is 28.8. The van der Waals surface area contributed by atoms with Crippen LogP contribution >= 0.6 is 34.5 Å². The molecule has 0 radical (unpaired) electrons. The number of ether oxygens (including phenoxy) is 1. The third kappa shape index (κ3) is 4.10. The third-order valence-corrected chi connectivity index (χ3v) is 4.92. The first-order chi connectivity index (χ1) is 11.9. The lowest BCUT2D eigenvalue weighted by atomic mass is 10.2. The molecule has 128 valence electrons. The molecule has 0 aliphatic carbocycles. The first-order valence-electron chi connectivity index (χ1n) is 7.25. The van der Waals surface area contributed by atoms with E-state index in [0.29, 0.717) is 9.90 Å². The Bertz CT molecular complexity index is 925. The smallest absolute Gasteiger partial charge is 0.349 e. The van der Waals surface area contributed by atoms with Crippen molar-refractivity contribution in [3.63, 3.8) is 0 Å². The summed E-state index contributed by atoms with van der Waals surface area (Å²) in [6.07, 6.45) is 0.350. The van der Waals surface area contributed by atoms with Gasteiger partial charge in [-0.2, -0.15) is 0 Å². The van der Waals surface area contributed by atoms with Gasteiger partial charge in [-0.05, 0) is 30.5 Å². The van der Waals surface area contributed by atoms with Crippen LogP contribution in [0.5, 0.6) is 0 Å². The normalized spacial score (nSPS) is 12.0. The van der Waals surface area contributed by atoms with Crippen molar-refractivity contribution in [2.75, 3.05) is 5.32 Å². The quantitative estimate of drug-likeness (QED) is 0.646. The minimum atomic E-state index is -1.01. The summed E-state index contributed by atoms with van der Waals surface area (Å²) >= 11 is 13.0. The molecule has 1 amide bonds. The number of carbonyl (C=O) groups excluding carboxylic acids is 2. The van der Waals surface area contributed by atoms with E-state index in [4.69, 9.17) is 27.9 Å². The summed E-state index contributed by atoms with van der Waals surface area (Å²) in [6.45, 7) is 1.48. The number of esters is 1. The Morgan fingerprint density at radius 1 is 1.24 bits per heavy atom. The molecule has 1 atom stereocenters. The van der Waals surface area contributed by atoms with Gasteiger partial charge in [-0.25, -0.2) is 9.78 Å². The predicted molar refractivity (Wildman–Crippen MR) is 99.6 cm³/mol. The van der Waals surface area contributed by atoms with Crippen LogP contribution in [0.1, 0.15) is 16.6 Å². The zero-order valence-electron chi connectivity index (χ0n) is 13.0.